The molecule has 1 aromatic carbocycles. The Morgan fingerprint density at radius 1 is 1.41 bits per heavy atom. The summed E-state index contributed by atoms with van der Waals surface area (Å²) in [6.07, 6.45) is 0. The topological polar surface area (TPSA) is 43.8 Å². The summed E-state index contributed by atoms with van der Waals surface area (Å²) in [6, 6.07) is 4.74. The monoisotopic (exact) mass is 267 g/mol. The molecule has 0 atom stereocenters. The van der Waals surface area contributed by atoms with Crippen LogP contribution in [0.2, 0.25) is 5.02 Å². The number of aromatic nitrogens is 2. The summed E-state index contributed by atoms with van der Waals surface area (Å²) in [7, 11) is 0. The number of rotatable bonds is 1. The Labute approximate surface area is 105 Å². The Hall–Kier alpha value is -1.59. The number of hydrogen-bond acceptors (Lipinski definition) is 3. The summed E-state index contributed by atoms with van der Waals surface area (Å²) in [6.45, 7) is 0. The zero-order valence-corrected chi connectivity index (χ0v) is 10.1. The van der Waals surface area contributed by atoms with E-state index in [1.807, 2.05) is 16.8 Å². The van der Waals surface area contributed by atoms with Crippen LogP contribution in [0.5, 0.6) is 0 Å². The number of benzene rings is 1. The summed E-state index contributed by atoms with van der Waals surface area (Å²) < 4.78 is 15.1. The van der Waals surface area contributed by atoms with Gasteiger partial charge in [0.2, 0.25) is 5.95 Å². The van der Waals surface area contributed by atoms with Gasteiger partial charge in [-0.1, -0.05) is 11.6 Å². The van der Waals surface area contributed by atoms with Gasteiger partial charge in [0.05, 0.1) is 21.7 Å². The fourth-order valence-electron chi connectivity index (χ4n) is 1.75. The average Bonchev–Trinajstić information content (AvgIpc) is 2.86. The predicted molar refractivity (Wildman–Crippen MR) is 68.3 cm³/mol. The molecule has 3 nitrogen and oxygen atoms in total. The van der Waals surface area contributed by atoms with Gasteiger partial charge in [-0.3, -0.25) is 4.57 Å². The number of halogens is 2. The van der Waals surface area contributed by atoms with E-state index in [2.05, 4.69) is 4.98 Å². The molecule has 2 N–H and O–H groups in total. The third kappa shape index (κ3) is 1.59. The van der Waals surface area contributed by atoms with Gasteiger partial charge in [-0.2, -0.15) is 11.3 Å². The minimum Gasteiger partial charge on any atom is -0.369 e. The van der Waals surface area contributed by atoms with Crippen LogP contribution in [-0.2, 0) is 0 Å². The lowest BCUT2D eigenvalue weighted by Crippen LogP contribution is -1.98. The van der Waals surface area contributed by atoms with E-state index in [0.717, 1.165) is 5.69 Å². The van der Waals surface area contributed by atoms with Gasteiger partial charge in [0.15, 0.2) is 0 Å². The average molecular weight is 268 g/mol. The van der Waals surface area contributed by atoms with Gasteiger partial charge >= 0.3 is 0 Å². The Morgan fingerprint density at radius 3 is 2.94 bits per heavy atom. The van der Waals surface area contributed by atoms with Crippen molar-refractivity contribution in [2.75, 3.05) is 5.73 Å². The number of imidazole rings is 1. The molecule has 86 valence electrons. The van der Waals surface area contributed by atoms with Crippen molar-refractivity contribution in [3.8, 4) is 5.69 Å². The molecule has 17 heavy (non-hydrogen) atoms. The molecule has 0 spiro atoms. The van der Waals surface area contributed by atoms with Crippen molar-refractivity contribution in [1.82, 2.24) is 9.55 Å². The summed E-state index contributed by atoms with van der Waals surface area (Å²) in [4.78, 5) is 4.12. The van der Waals surface area contributed by atoms with Gasteiger partial charge in [0.25, 0.3) is 0 Å². The molecular weight excluding hydrogens is 261 g/mol. The quantitative estimate of drug-likeness (QED) is 0.734. The Balaban J connectivity index is 2.38. The highest BCUT2D eigenvalue weighted by Crippen LogP contribution is 2.28. The maximum Gasteiger partial charge on any atom is 0.205 e. The molecule has 0 saturated heterocycles. The smallest absolute Gasteiger partial charge is 0.205 e. The van der Waals surface area contributed by atoms with Gasteiger partial charge in [0, 0.05) is 11.4 Å². The SMILES string of the molecule is Nc1nc2cc(F)c(Cl)cc2n1-c1ccsc1. The fraction of sp³-hybridized carbons (Fsp3) is 0. The number of nitrogens with zero attached hydrogens (tertiary/aromatic N) is 2. The lowest BCUT2D eigenvalue weighted by atomic mass is 10.3. The highest BCUT2D eigenvalue weighted by Gasteiger charge is 2.13. The van der Waals surface area contributed by atoms with Gasteiger partial charge in [-0.15, -0.1) is 0 Å². The van der Waals surface area contributed by atoms with Crippen molar-refractivity contribution in [3.05, 3.63) is 39.8 Å². The largest absolute Gasteiger partial charge is 0.369 e. The van der Waals surface area contributed by atoms with Crippen LogP contribution in [0.3, 0.4) is 0 Å². The van der Waals surface area contributed by atoms with Crippen molar-refractivity contribution in [2.45, 2.75) is 0 Å². The molecule has 0 aliphatic heterocycles. The molecule has 0 bridgehead atoms. The molecule has 0 radical (unpaired) electrons. The minimum atomic E-state index is -0.492. The van der Waals surface area contributed by atoms with Crippen LogP contribution < -0.4 is 5.73 Å². The van der Waals surface area contributed by atoms with Gasteiger partial charge in [-0.25, -0.2) is 9.37 Å². The molecule has 0 aliphatic rings. The Morgan fingerprint density at radius 2 is 2.24 bits per heavy atom. The Kier molecular flexibility index (Phi) is 2.31. The number of nitrogen functional groups attached to an aromatic ring is 1. The highest BCUT2D eigenvalue weighted by atomic mass is 35.5. The molecule has 0 saturated carbocycles. The molecular formula is C11H7ClFN3S. The molecule has 3 aromatic rings. The second-order valence-corrected chi connectivity index (χ2v) is 4.73. The summed E-state index contributed by atoms with van der Waals surface area (Å²) in [5.74, 6) is -0.172. The molecule has 0 aliphatic carbocycles. The van der Waals surface area contributed by atoms with E-state index < -0.39 is 5.82 Å². The van der Waals surface area contributed by atoms with Crippen LogP contribution >= 0.6 is 22.9 Å². The molecule has 3 rings (SSSR count). The number of nitrogens with two attached hydrogens (primary N) is 1. The molecule has 0 fully saturated rings. The van der Waals surface area contributed by atoms with Crippen molar-refractivity contribution in [2.24, 2.45) is 0 Å². The zero-order chi connectivity index (χ0) is 12.0. The summed E-state index contributed by atoms with van der Waals surface area (Å²) in [5, 5.41) is 3.94. The van der Waals surface area contributed by atoms with E-state index in [-0.39, 0.29) is 5.02 Å². The lowest BCUT2D eigenvalue weighted by molar-refractivity contribution is 0.630. The van der Waals surface area contributed by atoms with Crippen molar-refractivity contribution < 1.29 is 4.39 Å². The van der Waals surface area contributed by atoms with Crippen LogP contribution in [0.1, 0.15) is 0 Å². The van der Waals surface area contributed by atoms with Crippen LogP contribution in [0, 0.1) is 5.82 Å². The van der Waals surface area contributed by atoms with Crippen molar-refractivity contribution >= 4 is 39.9 Å². The molecule has 2 aromatic heterocycles. The third-order valence-electron chi connectivity index (χ3n) is 2.49. The second-order valence-electron chi connectivity index (χ2n) is 3.54. The molecule has 6 heteroatoms. The number of fused-ring (bicyclic) bond motifs is 1. The van der Waals surface area contributed by atoms with E-state index in [0.29, 0.717) is 17.0 Å². The summed E-state index contributed by atoms with van der Waals surface area (Å²) >= 11 is 7.33. The number of hydrogen-bond donors (Lipinski definition) is 1. The molecule has 0 amide bonds. The van der Waals surface area contributed by atoms with Crippen molar-refractivity contribution in [1.29, 1.82) is 0 Å². The van der Waals surface area contributed by atoms with E-state index in [1.165, 1.54) is 12.1 Å². The first-order valence-corrected chi connectivity index (χ1v) is 6.14. The number of anilines is 1. The van der Waals surface area contributed by atoms with E-state index in [4.69, 9.17) is 17.3 Å². The van der Waals surface area contributed by atoms with Gasteiger partial charge < -0.3 is 5.73 Å². The van der Waals surface area contributed by atoms with Crippen molar-refractivity contribution in [3.63, 3.8) is 0 Å². The summed E-state index contributed by atoms with van der Waals surface area (Å²) in [5.41, 5.74) is 7.93. The van der Waals surface area contributed by atoms with Gasteiger partial charge in [-0.05, 0) is 17.5 Å². The minimum absolute atomic E-state index is 0.0638. The lowest BCUT2D eigenvalue weighted by Gasteiger charge is -2.03. The zero-order valence-electron chi connectivity index (χ0n) is 8.52. The molecule has 2 heterocycles. The van der Waals surface area contributed by atoms with Crippen LogP contribution in [0.4, 0.5) is 10.3 Å². The maximum atomic E-state index is 13.3. The fourth-order valence-corrected chi connectivity index (χ4v) is 2.53. The highest BCUT2D eigenvalue weighted by molar-refractivity contribution is 7.08. The predicted octanol–water partition coefficient (Wildman–Crippen LogP) is 3.46. The van der Waals surface area contributed by atoms with Crippen LogP contribution in [0.15, 0.2) is 29.0 Å². The molecule has 0 unspecified atom stereocenters. The van der Waals surface area contributed by atoms with E-state index in [1.54, 1.807) is 15.9 Å². The standard InChI is InChI=1S/C11H7ClFN3S/c12-7-3-10-9(4-8(7)13)15-11(14)16(10)6-1-2-17-5-6/h1-5H,(H2,14,15). The van der Waals surface area contributed by atoms with E-state index in [9.17, 15) is 4.39 Å². The van der Waals surface area contributed by atoms with Crippen LogP contribution in [0.25, 0.3) is 16.7 Å². The first kappa shape index (κ1) is 10.6. The van der Waals surface area contributed by atoms with Crippen LogP contribution in [-0.4, -0.2) is 9.55 Å². The Bertz CT molecular complexity index is 690. The second kappa shape index (κ2) is 3.72. The number of thiophene rings is 1. The van der Waals surface area contributed by atoms with Gasteiger partial charge in [0.1, 0.15) is 5.82 Å². The first-order chi connectivity index (χ1) is 8.16. The van der Waals surface area contributed by atoms with E-state index >= 15 is 0 Å². The third-order valence-corrected chi connectivity index (χ3v) is 3.45. The first-order valence-electron chi connectivity index (χ1n) is 4.82. The normalized spacial score (nSPS) is 11.2. The maximum absolute atomic E-state index is 13.3.